The first-order valence-corrected chi connectivity index (χ1v) is 10.1. The molecular weight excluding hydrogens is 380 g/mol. The van der Waals surface area contributed by atoms with Gasteiger partial charge in [-0.3, -0.25) is 9.48 Å². The normalized spacial score (nSPS) is 14.4. The summed E-state index contributed by atoms with van der Waals surface area (Å²) in [6.07, 6.45) is 10.8. The summed E-state index contributed by atoms with van der Waals surface area (Å²) < 4.78 is 3.82. The van der Waals surface area contributed by atoms with Crippen molar-refractivity contribution in [2.24, 2.45) is 0 Å². The van der Waals surface area contributed by atoms with Gasteiger partial charge in [0.2, 0.25) is 5.95 Å². The molecule has 1 aromatic carbocycles. The lowest BCUT2D eigenvalue weighted by Gasteiger charge is -2.08. The van der Waals surface area contributed by atoms with Crippen LogP contribution < -0.4 is 5.32 Å². The number of pyridine rings is 1. The molecule has 0 unspecified atom stereocenters. The van der Waals surface area contributed by atoms with Gasteiger partial charge in [0.25, 0.3) is 0 Å². The van der Waals surface area contributed by atoms with E-state index >= 15 is 0 Å². The molecule has 3 heterocycles. The topological polar surface area (TPSA) is 97.3 Å². The first kappa shape index (κ1) is 18.5. The fraction of sp³-hybridized carbons (Fsp3) is 0.273. The summed E-state index contributed by atoms with van der Waals surface area (Å²) in [5.74, 6) is 0.155. The Morgan fingerprint density at radius 2 is 1.97 bits per heavy atom. The van der Waals surface area contributed by atoms with Crippen LogP contribution in [0.3, 0.4) is 0 Å². The number of aromatic nitrogens is 5. The monoisotopic (exact) mass is 402 g/mol. The molecule has 3 aromatic heterocycles. The zero-order chi connectivity index (χ0) is 20.5. The standard InChI is InChI=1S/C22H22N6O2/c29-14-20(30)15-7-9-17(10-8-15)24-22-25-21-19(6-3-11-27(21)26-22)16-12-23-28(13-16)18-4-1-2-5-18/h3,6-13,18,29H,1-2,4-5,14H2,(H,24,26). The van der Waals surface area contributed by atoms with E-state index in [4.69, 9.17) is 5.11 Å². The highest BCUT2D eigenvalue weighted by atomic mass is 16.3. The number of anilines is 2. The highest BCUT2D eigenvalue weighted by Gasteiger charge is 2.19. The highest BCUT2D eigenvalue weighted by Crippen LogP contribution is 2.31. The van der Waals surface area contributed by atoms with E-state index < -0.39 is 6.61 Å². The van der Waals surface area contributed by atoms with Crippen molar-refractivity contribution in [2.45, 2.75) is 31.7 Å². The van der Waals surface area contributed by atoms with Gasteiger partial charge in [0.1, 0.15) is 6.61 Å². The average molecular weight is 402 g/mol. The fourth-order valence-electron chi connectivity index (χ4n) is 3.99. The van der Waals surface area contributed by atoms with Gasteiger partial charge in [-0.2, -0.15) is 10.1 Å². The maximum atomic E-state index is 11.6. The van der Waals surface area contributed by atoms with E-state index in [9.17, 15) is 4.79 Å². The number of aliphatic hydroxyl groups is 1. The maximum absolute atomic E-state index is 11.6. The van der Waals surface area contributed by atoms with Crippen LogP contribution in [0.4, 0.5) is 11.6 Å². The van der Waals surface area contributed by atoms with Crippen molar-refractivity contribution >= 4 is 23.1 Å². The quantitative estimate of drug-likeness (QED) is 0.478. The van der Waals surface area contributed by atoms with Gasteiger partial charge in [-0.15, -0.1) is 5.10 Å². The van der Waals surface area contributed by atoms with Crippen molar-refractivity contribution in [1.29, 1.82) is 0 Å². The number of rotatable bonds is 6. The van der Waals surface area contributed by atoms with Gasteiger partial charge < -0.3 is 10.4 Å². The molecule has 8 nitrogen and oxygen atoms in total. The van der Waals surface area contributed by atoms with Gasteiger partial charge in [-0.1, -0.05) is 12.8 Å². The molecule has 0 amide bonds. The van der Waals surface area contributed by atoms with E-state index in [2.05, 4.69) is 31.4 Å². The van der Waals surface area contributed by atoms with E-state index in [1.165, 1.54) is 25.7 Å². The second kappa shape index (κ2) is 7.72. The molecule has 5 rings (SSSR count). The molecule has 0 saturated heterocycles. The van der Waals surface area contributed by atoms with Crippen LogP contribution in [-0.4, -0.2) is 41.9 Å². The predicted octanol–water partition coefficient (Wildman–Crippen LogP) is 3.63. The third kappa shape index (κ3) is 3.46. The SMILES string of the molecule is O=C(CO)c1ccc(Nc2nc3c(-c4cnn(C5CCCC5)c4)cccn3n2)cc1. The molecule has 1 aliphatic carbocycles. The minimum atomic E-state index is -0.499. The number of Topliss-reactive ketones (excluding diaryl/α,β-unsaturated/α-hetero) is 1. The summed E-state index contributed by atoms with van der Waals surface area (Å²) in [6.45, 7) is -0.499. The summed E-state index contributed by atoms with van der Waals surface area (Å²) in [7, 11) is 0. The van der Waals surface area contributed by atoms with Crippen LogP contribution in [0.25, 0.3) is 16.8 Å². The molecule has 0 aliphatic heterocycles. The van der Waals surface area contributed by atoms with Gasteiger partial charge in [0.05, 0.1) is 12.2 Å². The first-order valence-electron chi connectivity index (χ1n) is 10.1. The van der Waals surface area contributed by atoms with Crippen molar-refractivity contribution < 1.29 is 9.90 Å². The van der Waals surface area contributed by atoms with Crippen molar-refractivity contribution in [1.82, 2.24) is 24.4 Å². The van der Waals surface area contributed by atoms with E-state index in [1.54, 1.807) is 28.8 Å². The van der Waals surface area contributed by atoms with E-state index in [-0.39, 0.29) is 5.78 Å². The fourth-order valence-corrected chi connectivity index (χ4v) is 3.99. The number of benzene rings is 1. The second-order valence-electron chi connectivity index (χ2n) is 7.56. The summed E-state index contributed by atoms with van der Waals surface area (Å²) in [5, 5.41) is 21.2. The number of carbonyl (C=O) groups excluding carboxylic acids is 1. The molecule has 30 heavy (non-hydrogen) atoms. The predicted molar refractivity (Wildman–Crippen MR) is 113 cm³/mol. The summed E-state index contributed by atoms with van der Waals surface area (Å²) in [6, 6.07) is 11.3. The van der Waals surface area contributed by atoms with Gasteiger partial charge in [0, 0.05) is 34.8 Å². The molecular formula is C22H22N6O2. The third-order valence-corrected chi connectivity index (χ3v) is 5.58. The Hall–Kier alpha value is -3.52. The number of nitrogens with one attached hydrogen (secondary N) is 1. The van der Waals surface area contributed by atoms with Crippen molar-refractivity contribution in [2.75, 3.05) is 11.9 Å². The molecule has 1 fully saturated rings. The molecule has 0 radical (unpaired) electrons. The lowest BCUT2D eigenvalue weighted by atomic mass is 10.1. The number of ketones is 1. The largest absolute Gasteiger partial charge is 0.388 e. The number of fused-ring (bicyclic) bond motifs is 1. The maximum Gasteiger partial charge on any atom is 0.247 e. The minimum Gasteiger partial charge on any atom is -0.388 e. The van der Waals surface area contributed by atoms with E-state index in [1.807, 2.05) is 24.5 Å². The summed E-state index contributed by atoms with van der Waals surface area (Å²) >= 11 is 0. The summed E-state index contributed by atoms with van der Waals surface area (Å²) in [5.41, 5.74) is 3.98. The Balaban J connectivity index is 1.42. The zero-order valence-electron chi connectivity index (χ0n) is 16.4. The van der Waals surface area contributed by atoms with Crippen molar-refractivity contribution in [3.8, 4) is 11.1 Å². The van der Waals surface area contributed by atoms with Gasteiger partial charge in [0.15, 0.2) is 11.4 Å². The summed E-state index contributed by atoms with van der Waals surface area (Å²) in [4.78, 5) is 16.2. The number of hydrogen-bond donors (Lipinski definition) is 2. The lowest BCUT2D eigenvalue weighted by Crippen LogP contribution is -2.04. The Morgan fingerprint density at radius 3 is 2.73 bits per heavy atom. The Bertz CT molecular complexity index is 1190. The van der Waals surface area contributed by atoms with Gasteiger partial charge >= 0.3 is 0 Å². The minimum absolute atomic E-state index is 0.310. The van der Waals surface area contributed by atoms with Gasteiger partial charge in [-0.05, 0) is 49.2 Å². The lowest BCUT2D eigenvalue weighted by molar-refractivity contribution is 0.0904. The zero-order valence-corrected chi connectivity index (χ0v) is 16.4. The van der Waals surface area contributed by atoms with E-state index in [0.29, 0.717) is 17.6 Å². The molecule has 152 valence electrons. The molecule has 0 spiro atoms. The van der Waals surface area contributed by atoms with Crippen LogP contribution in [0, 0.1) is 0 Å². The van der Waals surface area contributed by atoms with Crippen LogP contribution in [0.1, 0.15) is 42.1 Å². The van der Waals surface area contributed by atoms with Crippen LogP contribution in [0.2, 0.25) is 0 Å². The molecule has 4 aromatic rings. The molecule has 1 saturated carbocycles. The second-order valence-corrected chi connectivity index (χ2v) is 7.56. The Morgan fingerprint density at radius 1 is 1.17 bits per heavy atom. The van der Waals surface area contributed by atoms with Crippen LogP contribution in [0.5, 0.6) is 0 Å². The molecule has 1 aliphatic rings. The highest BCUT2D eigenvalue weighted by molar-refractivity contribution is 5.97. The first-order chi connectivity index (χ1) is 14.7. The smallest absolute Gasteiger partial charge is 0.247 e. The van der Waals surface area contributed by atoms with Crippen molar-refractivity contribution in [3.05, 3.63) is 60.6 Å². The van der Waals surface area contributed by atoms with Crippen LogP contribution in [-0.2, 0) is 0 Å². The van der Waals surface area contributed by atoms with Crippen LogP contribution >= 0.6 is 0 Å². The number of nitrogens with zero attached hydrogens (tertiary/aromatic N) is 5. The molecule has 8 heteroatoms. The Kier molecular flexibility index (Phi) is 4.76. The Labute approximate surface area is 173 Å². The average Bonchev–Trinajstić information content (AvgIpc) is 3.53. The number of aliphatic hydroxyl groups excluding tert-OH is 1. The number of hydrogen-bond acceptors (Lipinski definition) is 6. The van der Waals surface area contributed by atoms with E-state index in [0.717, 1.165) is 22.5 Å². The van der Waals surface area contributed by atoms with Crippen LogP contribution in [0.15, 0.2) is 55.0 Å². The van der Waals surface area contributed by atoms with Gasteiger partial charge in [-0.25, -0.2) is 4.52 Å². The van der Waals surface area contributed by atoms with Crippen molar-refractivity contribution in [3.63, 3.8) is 0 Å². The molecule has 2 N–H and O–H groups in total. The molecule has 0 atom stereocenters. The molecule has 0 bridgehead atoms. The third-order valence-electron chi connectivity index (χ3n) is 5.58. The number of carbonyl (C=O) groups is 1.